The Labute approximate surface area is 254 Å². The summed E-state index contributed by atoms with van der Waals surface area (Å²) in [5, 5.41) is 8.63. The lowest BCUT2D eigenvalue weighted by Crippen LogP contribution is -2.60. The number of fused-ring (bicyclic) bond motifs is 8. The first-order valence-electron chi connectivity index (χ1n) is 14.8. The maximum absolute atomic E-state index is 13.9. The number of benzene rings is 2. The average molecular weight is 598 g/mol. The Morgan fingerprint density at radius 1 is 0.955 bits per heavy atom. The van der Waals surface area contributed by atoms with Gasteiger partial charge in [-0.15, -0.1) is 0 Å². The minimum Gasteiger partial charge on any atom is -0.465 e. The summed E-state index contributed by atoms with van der Waals surface area (Å²) in [6.45, 7) is 2.97. The van der Waals surface area contributed by atoms with E-state index in [0.29, 0.717) is 29.9 Å². The second kappa shape index (κ2) is 12.0. The first-order valence-corrected chi connectivity index (χ1v) is 14.8. The fraction of sp³-hybridized carbons (Fsp3) is 0.364. The SMILES string of the molecule is COC(=O)c1ccc(NC(=O)CCNC(=O)C2Cc3cc(NC(C)=O)ccc3N3CC4CC(c5cccc(=O)n5C4)C23)cc1. The molecule has 1 saturated heterocycles. The molecule has 1 fully saturated rings. The van der Waals surface area contributed by atoms with Crippen molar-refractivity contribution in [3.05, 3.63) is 87.8 Å². The van der Waals surface area contributed by atoms with E-state index < -0.39 is 11.9 Å². The number of amides is 3. The van der Waals surface area contributed by atoms with E-state index in [1.807, 2.05) is 28.8 Å². The Morgan fingerprint density at radius 2 is 1.73 bits per heavy atom. The molecule has 11 nitrogen and oxygen atoms in total. The smallest absolute Gasteiger partial charge is 0.337 e. The van der Waals surface area contributed by atoms with Crippen LogP contribution in [0.3, 0.4) is 0 Å². The van der Waals surface area contributed by atoms with Crippen LogP contribution >= 0.6 is 0 Å². The maximum atomic E-state index is 13.9. The largest absolute Gasteiger partial charge is 0.465 e. The van der Waals surface area contributed by atoms with Crippen LogP contribution in [0, 0.1) is 11.8 Å². The van der Waals surface area contributed by atoms with Crippen molar-refractivity contribution in [3.8, 4) is 0 Å². The topological polar surface area (TPSA) is 139 Å². The van der Waals surface area contributed by atoms with Gasteiger partial charge in [0.1, 0.15) is 0 Å². The van der Waals surface area contributed by atoms with Gasteiger partial charge in [-0.05, 0) is 72.9 Å². The van der Waals surface area contributed by atoms with Gasteiger partial charge >= 0.3 is 5.97 Å². The van der Waals surface area contributed by atoms with Crippen LogP contribution in [0.2, 0.25) is 0 Å². The Morgan fingerprint density at radius 3 is 2.48 bits per heavy atom. The summed E-state index contributed by atoms with van der Waals surface area (Å²) in [5.41, 5.74) is 4.56. The van der Waals surface area contributed by atoms with Gasteiger partial charge in [0.25, 0.3) is 5.56 Å². The highest BCUT2D eigenvalue weighted by atomic mass is 16.5. The van der Waals surface area contributed by atoms with Gasteiger partial charge < -0.3 is 30.2 Å². The number of anilines is 3. The Bertz CT molecular complexity index is 1680. The van der Waals surface area contributed by atoms with Crippen molar-refractivity contribution in [1.29, 1.82) is 0 Å². The molecule has 228 valence electrons. The minimum atomic E-state index is -0.460. The Balaban J connectivity index is 1.20. The van der Waals surface area contributed by atoms with E-state index >= 15 is 0 Å². The molecular formula is C33H35N5O6. The van der Waals surface area contributed by atoms with Crippen LogP contribution in [0.25, 0.3) is 0 Å². The molecule has 0 saturated carbocycles. The summed E-state index contributed by atoms with van der Waals surface area (Å²) in [7, 11) is 1.30. The summed E-state index contributed by atoms with van der Waals surface area (Å²) in [6.07, 6.45) is 1.43. The molecule has 3 N–H and O–H groups in total. The van der Waals surface area contributed by atoms with Crippen LogP contribution < -0.4 is 26.4 Å². The van der Waals surface area contributed by atoms with Crippen molar-refractivity contribution in [2.75, 3.05) is 35.7 Å². The number of piperidine rings is 1. The van der Waals surface area contributed by atoms with E-state index in [1.165, 1.54) is 14.0 Å². The average Bonchev–Trinajstić information content (AvgIpc) is 3.00. The molecular weight excluding hydrogens is 562 g/mol. The molecule has 3 aliphatic heterocycles. The third-order valence-electron chi connectivity index (χ3n) is 8.86. The molecule has 4 heterocycles. The summed E-state index contributed by atoms with van der Waals surface area (Å²) >= 11 is 0. The van der Waals surface area contributed by atoms with Crippen molar-refractivity contribution in [1.82, 2.24) is 9.88 Å². The zero-order valence-corrected chi connectivity index (χ0v) is 24.7. The molecule has 0 spiro atoms. The van der Waals surface area contributed by atoms with Crippen molar-refractivity contribution < 1.29 is 23.9 Å². The third kappa shape index (κ3) is 5.69. The fourth-order valence-electron chi connectivity index (χ4n) is 7.07. The number of carbonyl (C=O) groups is 4. The fourth-order valence-corrected chi connectivity index (χ4v) is 7.07. The van der Waals surface area contributed by atoms with Gasteiger partial charge in [0.05, 0.1) is 18.6 Å². The van der Waals surface area contributed by atoms with Crippen molar-refractivity contribution in [2.24, 2.45) is 11.8 Å². The van der Waals surface area contributed by atoms with Crippen LogP contribution in [-0.4, -0.2) is 54.5 Å². The van der Waals surface area contributed by atoms with Gasteiger partial charge in [0.15, 0.2) is 0 Å². The molecule has 0 aliphatic carbocycles. The molecule has 44 heavy (non-hydrogen) atoms. The number of nitrogens with zero attached hydrogens (tertiary/aromatic N) is 2. The van der Waals surface area contributed by atoms with E-state index in [2.05, 4.69) is 20.9 Å². The molecule has 3 aliphatic rings. The zero-order valence-electron chi connectivity index (χ0n) is 24.7. The van der Waals surface area contributed by atoms with Gasteiger partial charge in [0.2, 0.25) is 17.7 Å². The van der Waals surface area contributed by atoms with Crippen LogP contribution in [0.15, 0.2) is 65.5 Å². The number of hydrogen-bond donors (Lipinski definition) is 3. The van der Waals surface area contributed by atoms with Crippen molar-refractivity contribution >= 4 is 40.8 Å². The van der Waals surface area contributed by atoms with Crippen LogP contribution in [0.1, 0.15) is 47.3 Å². The van der Waals surface area contributed by atoms with E-state index in [-0.39, 0.29) is 54.1 Å². The number of rotatable bonds is 7. The highest BCUT2D eigenvalue weighted by Crippen LogP contribution is 2.48. The predicted octanol–water partition coefficient (Wildman–Crippen LogP) is 2.90. The summed E-state index contributed by atoms with van der Waals surface area (Å²) in [4.78, 5) is 65.0. The van der Waals surface area contributed by atoms with E-state index in [4.69, 9.17) is 4.74 Å². The Hall–Kier alpha value is -4.93. The minimum absolute atomic E-state index is 0.00780. The molecule has 3 amide bonds. The number of hydrogen-bond acceptors (Lipinski definition) is 7. The maximum Gasteiger partial charge on any atom is 0.337 e. The van der Waals surface area contributed by atoms with E-state index in [0.717, 1.165) is 29.9 Å². The van der Waals surface area contributed by atoms with Gasteiger partial charge in [-0.3, -0.25) is 19.2 Å². The third-order valence-corrected chi connectivity index (χ3v) is 8.86. The molecule has 1 aromatic heterocycles. The lowest BCUT2D eigenvalue weighted by molar-refractivity contribution is -0.126. The van der Waals surface area contributed by atoms with Gasteiger partial charge in [-0.2, -0.15) is 0 Å². The van der Waals surface area contributed by atoms with Crippen LogP contribution in [-0.2, 0) is 32.1 Å². The zero-order chi connectivity index (χ0) is 31.0. The Kier molecular flexibility index (Phi) is 7.94. The number of carbonyl (C=O) groups excluding carboxylic acids is 4. The summed E-state index contributed by atoms with van der Waals surface area (Å²) < 4.78 is 6.56. The quantitative estimate of drug-likeness (QED) is 0.356. The summed E-state index contributed by atoms with van der Waals surface area (Å²) in [5.74, 6) is -1.23. The van der Waals surface area contributed by atoms with Crippen LogP contribution in [0.5, 0.6) is 0 Å². The number of nitrogens with one attached hydrogen (secondary N) is 3. The van der Waals surface area contributed by atoms with Gasteiger partial charge in [0, 0.05) is 73.8 Å². The van der Waals surface area contributed by atoms with Crippen molar-refractivity contribution in [2.45, 2.75) is 44.7 Å². The molecule has 3 aromatic rings. The molecule has 4 unspecified atom stereocenters. The lowest BCUT2D eigenvalue weighted by atomic mass is 9.69. The van der Waals surface area contributed by atoms with Gasteiger partial charge in [-0.1, -0.05) is 6.07 Å². The highest BCUT2D eigenvalue weighted by molar-refractivity contribution is 5.93. The van der Waals surface area contributed by atoms with Crippen LogP contribution in [0.4, 0.5) is 17.1 Å². The van der Waals surface area contributed by atoms with E-state index in [9.17, 15) is 24.0 Å². The van der Waals surface area contributed by atoms with Crippen molar-refractivity contribution in [3.63, 3.8) is 0 Å². The summed E-state index contributed by atoms with van der Waals surface area (Å²) in [6, 6.07) is 17.4. The van der Waals surface area contributed by atoms with Gasteiger partial charge in [-0.25, -0.2) is 4.79 Å². The lowest BCUT2D eigenvalue weighted by Gasteiger charge is -2.54. The highest BCUT2D eigenvalue weighted by Gasteiger charge is 2.49. The molecule has 0 radical (unpaired) electrons. The normalized spacial score (nSPS) is 21.2. The first kappa shape index (κ1) is 29.2. The number of esters is 1. The second-order valence-corrected chi connectivity index (χ2v) is 11.7. The first-order chi connectivity index (χ1) is 21.2. The second-order valence-electron chi connectivity index (χ2n) is 11.7. The number of methoxy groups -OCH3 is 1. The standard InChI is InChI=1S/C33H35N5O6/c1-19(39)35-24-10-11-27-22(15-24)16-26(31-25-14-20(18-38(27)31)17-37-28(25)4-3-5-30(37)41)32(42)34-13-12-29(40)36-23-8-6-21(7-9-23)33(43)44-2/h3-11,15,20,25-26,31H,12-14,16-18H2,1-2H3,(H,34,42)(H,35,39)(H,36,40). The molecule has 2 aromatic carbocycles. The predicted molar refractivity (Wildman–Crippen MR) is 165 cm³/mol. The number of aromatic nitrogens is 1. The molecule has 2 bridgehead atoms. The monoisotopic (exact) mass is 597 g/mol. The number of ether oxygens (including phenoxy) is 1. The number of pyridine rings is 1. The molecule has 11 heteroatoms. The van der Waals surface area contributed by atoms with E-state index in [1.54, 1.807) is 36.4 Å². The molecule has 6 rings (SSSR count). The molecule has 4 atom stereocenters.